The molecule has 0 aromatic heterocycles. The zero-order valence-electron chi connectivity index (χ0n) is 10.9. The van der Waals surface area contributed by atoms with Gasteiger partial charge in [0.1, 0.15) is 9.84 Å². The molecule has 17 heavy (non-hydrogen) atoms. The molecule has 6 heteroatoms. The van der Waals surface area contributed by atoms with Gasteiger partial charge in [0.05, 0.1) is 17.9 Å². The molecule has 1 rings (SSSR count). The van der Waals surface area contributed by atoms with Gasteiger partial charge >= 0.3 is 0 Å². The minimum Gasteiger partial charge on any atom is -0.394 e. The van der Waals surface area contributed by atoms with Crippen molar-refractivity contribution in [2.24, 2.45) is 5.92 Å². The Morgan fingerprint density at radius 2 is 2.06 bits per heavy atom. The van der Waals surface area contributed by atoms with E-state index in [4.69, 9.17) is 0 Å². The van der Waals surface area contributed by atoms with Crippen LogP contribution in [0.3, 0.4) is 0 Å². The van der Waals surface area contributed by atoms with Crippen molar-refractivity contribution < 1.29 is 13.5 Å². The first-order chi connectivity index (χ1) is 7.83. The van der Waals surface area contributed by atoms with Gasteiger partial charge in [-0.2, -0.15) is 0 Å². The van der Waals surface area contributed by atoms with Crippen molar-refractivity contribution in [1.29, 1.82) is 0 Å². The number of hydrogen-bond acceptors (Lipinski definition) is 5. The number of aliphatic hydroxyl groups excluding tert-OH is 1. The van der Waals surface area contributed by atoms with Gasteiger partial charge < -0.3 is 15.3 Å². The Balaban J connectivity index is 2.49. The lowest BCUT2D eigenvalue weighted by molar-refractivity contribution is 0.110. The summed E-state index contributed by atoms with van der Waals surface area (Å²) in [6.45, 7) is 1.28. The third kappa shape index (κ3) is 4.54. The summed E-state index contributed by atoms with van der Waals surface area (Å²) < 4.78 is 22.2. The second-order valence-corrected chi connectivity index (χ2v) is 7.47. The van der Waals surface area contributed by atoms with Crippen LogP contribution in [0.1, 0.15) is 12.8 Å². The smallest absolute Gasteiger partial charge is 0.148 e. The first-order valence-electron chi connectivity index (χ1n) is 5.99. The number of hydrogen-bond donors (Lipinski definition) is 2. The highest BCUT2D eigenvalue weighted by Crippen LogP contribution is 2.39. The standard InChI is InChI=1S/C11H24N2O3S/c1-12-11(9-14,10-4-5-10)8-13(2)6-7-17(3,15)16/h10,12,14H,4-9H2,1-3H3. The van der Waals surface area contributed by atoms with Gasteiger partial charge in [0.25, 0.3) is 0 Å². The van der Waals surface area contributed by atoms with Crippen LogP contribution in [0.4, 0.5) is 0 Å². The fraction of sp³-hybridized carbons (Fsp3) is 1.00. The molecule has 1 atom stereocenters. The molecule has 2 N–H and O–H groups in total. The van der Waals surface area contributed by atoms with E-state index in [1.54, 1.807) is 0 Å². The maximum absolute atomic E-state index is 11.1. The lowest BCUT2D eigenvalue weighted by Gasteiger charge is -2.35. The van der Waals surface area contributed by atoms with Gasteiger partial charge in [-0.05, 0) is 32.9 Å². The Labute approximate surface area is 104 Å². The van der Waals surface area contributed by atoms with Gasteiger partial charge in [-0.3, -0.25) is 0 Å². The van der Waals surface area contributed by atoms with Gasteiger partial charge in [-0.15, -0.1) is 0 Å². The predicted molar refractivity (Wildman–Crippen MR) is 68.8 cm³/mol. The molecule has 0 saturated heterocycles. The van der Waals surface area contributed by atoms with E-state index < -0.39 is 9.84 Å². The van der Waals surface area contributed by atoms with Crippen molar-refractivity contribution >= 4 is 9.84 Å². The van der Waals surface area contributed by atoms with Crippen LogP contribution in [0.25, 0.3) is 0 Å². The number of likely N-dealkylation sites (N-methyl/N-ethyl adjacent to an activating group) is 2. The van der Waals surface area contributed by atoms with Crippen LogP contribution < -0.4 is 5.32 Å². The fourth-order valence-corrected chi connectivity index (χ4v) is 2.83. The summed E-state index contributed by atoms with van der Waals surface area (Å²) in [4.78, 5) is 1.98. The molecule has 0 aliphatic heterocycles. The zero-order chi connectivity index (χ0) is 13.1. The van der Waals surface area contributed by atoms with Crippen LogP contribution in [0, 0.1) is 5.92 Å². The summed E-state index contributed by atoms with van der Waals surface area (Å²) in [6.07, 6.45) is 3.53. The van der Waals surface area contributed by atoms with Gasteiger partial charge in [0, 0.05) is 19.3 Å². The Morgan fingerprint density at radius 1 is 1.47 bits per heavy atom. The van der Waals surface area contributed by atoms with Crippen LogP contribution in [-0.2, 0) is 9.84 Å². The van der Waals surface area contributed by atoms with E-state index in [0.717, 1.165) is 12.8 Å². The quantitative estimate of drug-likeness (QED) is 0.608. The first kappa shape index (κ1) is 14.9. The van der Waals surface area contributed by atoms with Gasteiger partial charge in [0.15, 0.2) is 0 Å². The highest BCUT2D eigenvalue weighted by molar-refractivity contribution is 7.90. The topological polar surface area (TPSA) is 69.6 Å². The molecule has 0 aromatic rings. The second kappa shape index (κ2) is 5.65. The molecule has 1 aliphatic rings. The molecule has 0 bridgehead atoms. The van der Waals surface area contributed by atoms with E-state index >= 15 is 0 Å². The average molecular weight is 264 g/mol. The van der Waals surface area contributed by atoms with E-state index in [9.17, 15) is 13.5 Å². The Morgan fingerprint density at radius 3 is 2.41 bits per heavy atom. The van der Waals surface area contributed by atoms with Crippen molar-refractivity contribution in [3.8, 4) is 0 Å². The molecule has 0 radical (unpaired) electrons. The molecule has 0 spiro atoms. The van der Waals surface area contributed by atoms with Gasteiger partial charge in [-0.25, -0.2) is 8.42 Å². The normalized spacial score (nSPS) is 20.5. The average Bonchev–Trinajstić information content (AvgIpc) is 3.06. The molecule has 1 aliphatic carbocycles. The summed E-state index contributed by atoms with van der Waals surface area (Å²) in [5.41, 5.74) is -0.272. The van der Waals surface area contributed by atoms with E-state index in [0.29, 0.717) is 19.0 Å². The lowest BCUT2D eigenvalue weighted by Crippen LogP contribution is -2.56. The van der Waals surface area contributed by atoms with Gasteiger partial charge in [-0.1, -0.05) is 0 Å². The molecule has 1 unspecified atom stereocenters. The molecule has 102 valence electrons. The number of rotatable bonds is 8. The SMILES string of the molecule is CNC(CO)(CN(C)CCS(C)(=O)=O)C1CC1. The molecule has 1 fully saturated rings. The Hall–Kier alpha value is -0.170. The van der Waals surface area contributed by atoms with E-state index in [2.05, 4.69) is 5.32 Å². The van der Waals surface area contributed by atoms with Crippen LogP contribution >= 0.6 is 0 Å². The van der Waals surface area contributed by atoms with Crippen molar-refractivity contribution in [3.05, 3.63) is 0 Å². The zero-order valence-corrected chi connectivity index (χ0v) is 11.8. The van der Waals surface area contributed by atoms with Crippen molar-refractivity contribution in [2.75, 3.05) is 45.8 Å². The third-order valence-electron chi connectivity index (χ3n) is 3.53. The minimum atomic E-state index is -2.92. The summed E-state index contributed by atoms with van der Waals surface area (Å²) in [5, 5.41) is 12.8. The largest absolute Gasteiger partial charge is 0.394 e. The van der Waals surface area contributed by atoms with Crippen molar-refractivity contribution in [1.82, 2.24) is 10.2 Å². The van der Waals surface area contributed by atoms with Crippen molar-refractivity contribution in [3.63, 3.8) is 0 Å². The fourth-order valence-electron chi connectivity index (χ4n) is 2.19. The molecular weight excluding hydrogens is 240 g/mol. The number of aliphatic hydroxyl groups is 1. The highest BCUT2D eigenvalue weighted by atomic mass is 32.2. The van der Waals surface area contributed by atoms with Crippen LogP contribution in [0.5, 0.6) is 0 Å². The van der Waals surface area contributed by atoms with Crippen LogP contribution in [0.2, 0.25) is 0 Å². The molecule has 0 aromatic carbocycles. The third-order valence-corrected chi connectivity index (χ3v) is 4.46. The highest BCUT2D eigenvalue weighted by Gasteiger charge is 2.44. The Bertz CT molecular complexity index is 335. The van der Waals surface area contributed by atoms with E-state index in [-0.39, 0.29) is 17.9 Å². The first-order valence-corrected chi connectivity index (χ1v) is 8.05. The maximum Gasteiger partial charge on any atom is 0.148 e. The number of nitrogens with zero attached hydrogens (tertiary/aromatic N) is 1. The number of nitrogens with one attached hydrogen (secondary N) is 1. The van der Waals surface area contributed by atoms with Crippen molar-refractivity contribution in [2.45, 2.75) is 18.4 Å². The summed E-state index contributed by atoms with van der Waals surface area (Å²) in [5.74, 6) is 0.678. The van der Waals surface area contributed by atoms with E-state index in [1.807, 2.05) is 19.0 Å². The lowest BCUT2D eigenvalue weighted by atomic mass is 9.94. The summed E-state index contributed by atoms with van der Waals surface area (Å²) in [7, 11) is 0.841. The summed E-state index contributed by atoms with van der Waals surface area (Å²) in [6, 6.07) is 0. The van der Waals surface area contributed by atoms with Gasteiger partial charge in [0.2, 0.25) is 0 Å². The van der Waals surface area contributed by atoms with E-state index in [1.165, 1.54) is 6.26 Å². The molecule has 0 amide bonds. The molecule has 0 heterocycles. The molecule has 5 nitrogen and oxygen atoms in total. The predicted octanol–water partition coefficient (Wildman–Crippen LogP) is -0.677. The molecular formula is C11H24N2O3S. The molecule has 1 saturated carbocycles. The van der Waals surface area contributed by atoms with Crippen LogP contribution in [0.15, 0.2) is 0 Å². The monoisotopic (exact) mass is 264 g/mol. The Kier molecular flexibility index (Phi) is 4.95. The number of sulfone groups is 1. The minimum absolute atomic E-state index is 0.0946. The summed E-state index contributed by atoms with van der Waals surface area (Å²) >= 11 is 0. The maximum atomic E-state index is 11.1. The van der Waals surface area contributed by atoms with Crippen LogP contribution in [-0.4, -0.2) is 69.8 Å². The second-order valence-electron chi connectivity index (χ2n) is 5.21.